The second kappa shape index (κ2) is 12.2. The Hall–Kier alpha value is -2.42. The lowest BCUT2D eigenvalue weighted by Gasteiger charge is -2.35. The minimum absolute atomic E-state index is 0.110. The van der Waals surface area contributed by atoms with Crippen LogP contribution in [-0.2, 0) is 19.1 Å². The van der Waals surface area contributed by atoms with Crippen molar-refractivity contribution in [2.24, 2.45) is 11.8 Å². The first-order chi connectivity index (χ1) is 19.3. The molecule has 3 amide bonds. The molecule has 3 heterocycles. The summed E-state index contributed by atoms with van der Waals surface area (Å²) >= 11 is 6.29. The van der Waals surface area contributed by atoms with E-state index in [0.717, 1.165) is 57.2 Å². The highest BCUT2D eigenvalue weighted by Crippen LogP contribution is 2.55. The zero-order valence-corrected chi connectivity index (χ0v) is 24.7. The molecule has 1 aliphatic carbocycles. The van der Waals surface area contributed by atoms with Crippen molar-refractivity contribution in [1.29, 1.82) is 0 Å². The fourth-order valence-corrected chi connectivity index (χ4v) is 7.33. The molecular weight excluding hydrogens is 528 g/mol. The molecule has 2 bridgehead atoms. The highest BCUT2D eigenvalue weighted by molar-refractivity contribution is 6.31. The van der Waals surface area contributed by atoms with Crippen LogP contribution < -0.4 is 10.6 Å². The van der Waals surface area contributed by atoms with Crippen LogP contribution in [0, 0.1) is 18.8 Å². The van der Waals surface area contributed by atoms with Crippen LogP contribution in [0.1, 0.15) is 64.4 Å². The molecule has 0 unspecified atom stereocenters. The number of amides is 3. The molecule has 1 aromatic carbocycles. The summed E-state index contributed by atoms with van der Waals surface area (Å²) < 4.78 is 6.49. The van der Waals surface area contributed by atoms with Crippen LogP contribution in [0.4, 0.5) is 5.69 Å². The van der Waals surface area contributed by atoms with Gasteiger partial charge < -0.3 is 25.2 Å². The molecule has 4 aliphatic rings. The first-order valence-corrected chi connectivity index (χ1v) is 15.4. The SMILES string of the molecule is CCCN(CCC)CCN1C(=O)[C@@H]2[C@@H](C(=O)Nc3ccc(C)c(Cl)c3)[C@@H]3C=C[C@@]2(O3)[C@H]1C(=O)NC1CCCCC1. The fourth-order valence-electron chi connectivity index (χ4n) is 7.15. The van der Waals surface area contributed by atoms with Crippen LogP contribution in [-0.4, -0.2) is 77.5 Å². The van der Waals surface area contributed by atoms with Gasteiger partial charge in [0.25, 0.3) is 0 Å². The van der Waals surface area contributed by atoms with E-state index in [0.29, 0.717) is 23.8 Å². The minimum Gasteiger partial charge on any atom is -0.359 e. The Morgan fingerprint density at radius 3 is 2.50 bits per heavy atom. The molecule has 3 aliphatic heterocycles. The Kier molecular flexibility index (Phi) is 8.88. The number of hydrogen-bond donors (Lipinski definition) is 2. The van der Waals surface area contributed by atoms with E-state index in [1.165, 1.54) is 6.42 Å². The molecule has 40 heavy (non-hydrogen) atoms. The fraction of sp³-hybridized carbons (Fsp3) is 0.645. The predicted molar refractivity (Wildman–Crippen MR) is 156 cm³/mol. The molecule has 1 spiro atoms. The molecule has 5 rings (SSSR count). The van der Waals surface area contributed by atoms with Crippen LogP contribution in [0.2, 0.25) is 5.02 Å². The lowest BCUT2D eigenvalue weighted by Crippen LogP contribution is -2.57. The predicted octanol–water partition coefficient (Wildman–Crippen LogP) is 4.31. The number of rotatable bonds is 11. The van der Waals surface area contributed by atoms with Crippen LogP contribution >= 0.6 is 11.6 Å². The van der Waals surface area contributed by atoms with Gasteiger partial charge in [0, 0.05) is 29.8 Å². The third kappa shape index (κ3) is 5.42. The monoisotopic (exact) mass is 570 g/mol. The third-order valence-corrected chi connectivity index (χ3v) is 9.46. The van der Waals surface area contributed by atoms with Crippen LogP contribution in [0.25, 0.3) is 0 Å². The number of ether oxygens (including phenoxy) is 1. The molecule has 5 atom stereocenters. The maximum atomic E-state index is 14.2. The Morgan fingerprint density at radius 1 is 1.10 bits per heavy atom. The molecule has 1 saturated carbocycles. The summed E-state index contributed by atoms with van der Waals surface area (Å²) in [5, 5.41) is 6.78. The lowest BCUT2D eigenvalue weighted by atomic mass is 9.74. The average Bonchev–Trinajstić information content (AvgIpc) is 3.57. The summed E-state index contributed by atoms with van der Waals surface area (Å²) in [4.78, 5) is 45.9. The first kappa shape index (κ1) is 29.1. The molecule has 0 aromatic heterocycles. The summed E-state index contributed by atoms with van der Waals surface area (Å²) in [5.74, 6) is -2.12. The van der Waals surface area contributed by atoms with Gasteiger partial charge in [-0.1, -0.05) is 62.9 Å². The van der Waals surface area contributed by atoms with E-state index in [1.807, 2.05) is 25.1 Å². The number of nitrogens with zero attached hydrogens (tertiary/aromatic N) is 2. The first-order valence-electron chi connectivity index (χ1n) is 15.1. The van der Waals surface area contributed by atoms with E-state index in [4.69, 9.17) is 16.3 Å². The Bertz CT molecular complexity index is 1150. The number of carbonyl (C=O) groups excluding carboxylic acids is 3. The van der Waals surface area contributed by atoms with Crippen molar-refractivity contribution in [2.45, 2.75) is 89.5 Å². The summed E-state index contributed by atoms with van der Waals surface area (Å²) in [5.41, 5.74) is 0.344. The number of likely N-dealkylation sites (tertiary alicyclic amines) is 1. The number of aryl methyl sites for hydroxylation is 1. The largest absolute Gasteiger partial charge is 0.359 e. The van der Waals surface area contributed by atoms with Crippen molar-refractivity contribution in [2.75, 3.05) is 31.5 Å². The van der Waals surface area contributed by atoms with E-state index in [-0.39, 0.29) is 23.8 Å². The third-order valence-electron chi connectivity index (χ3n) is 9.05. The highest BCUT2D eigenvalue weighted by atomic mass is 35.5. The molecule has 218 valence electrons. The van der Waals surface area contributed by atoms with E-state index >= 15 is 0 Å². The van der Waals surface area contributed by atoms with Crippen LogP contribution in [0.5, 0.6) is 0 Å². The standard InChI is InChI=1S/C31H43ClN4O4/c1-4-15-35(16-5-2)17-18-36-27(29(38)33-21-9-7-6-8-10-21)31-14-13-24(40-31)25(26(31)30(36)39)28(37)34-22-12-11-20(3)23(32)19-22/h11-14,19,21,24-27H,4-10,15-18H2,1-3H3,(H,33,38)(H,34,37)/t24-,25-,26-,27+,31-/m0/s1. The topological polar surface area (TPSA) is 91.0 Å². The molecule has 3 fully saturated rings. The van der Waals surface area contributed by atoms with Gasteiger partial charge in [0.1, 0.15) is 11.6 Å². The van der Waals surface area contributed by atoms with Gasteiger partial charge in [-0.2, -0.15) is 0 Å². The van der Waals surface area contributed by atoms with Crippen molar-refractivity contribution in [3.8, 4) is 0 Å². The number of carbonyl (C=O) groups is 3. The van der Waals surface area contributed by atoms with Gasteiger partial charge >= 0.3 is 0 Å². The number of fused-ring (bicyclic) bond motifs is 1. The van der Waals surface area contributed by atoms with E-state index < -0.39 is 29.6 Å². The average molecular weight is 571 g/mol. The maximum absolute atomic E-state index is 14.2. The lowest BCUT2D eigenvalue weighted by molar-refractivity contribution is -0.141. The van der Waals surface area contributed by atoms with Crippen molar-refractivity contribution in [1.82, 2.24) is 15.1 Å². The second-order valence-electron chi connectivity index (χ2n) is 11.9. The molecule has 8 nitrogen and oxygen atoms in total. The van der Waals surface area contributed by atoms with E-state index in [1.54, 1.807) is 17.0 Å². The van der Waals surface area contributed by atoms with Crippen molar-refractivity contribution in [3.63, 3.8) is 0 Å². The summed E-state index contributed by atoms with van der Waals surface area (Å²) in [6.45, 7) is 9.17. The van der Waals surface area contributed by atoms with Gasteiger partial charge in [-0.25, -0.2) is 0 Å². The molecule has 2 N–H and O–H groups in total. The number of anilines is 1. The molecule has 9 heteroatoms. The van der Waals surface area contributed by atoms with E-state index in [9.17, 15) is 14.4 Å². The van der Waals surface area contributed by atoms with Gasteiger partial charge in [0.05, 0.1) is 17.9 Å². The molecular formula is C31H43ClN4O4. The van der Waals surface area contributed by atoms with Crippen molar-refractivity contribution < 1.29 is 19.1 Å². The van der Waals surface area contributed by atoms with Gasteiger partial charge in [-0.15, -0.1) is 0 Å². The minimum atomic E-state index is -1.15. The number of nitrogens with one attached hydrogen (secondary N) is 2. The molecule has 1 aromatic rings. The summed E-state index contributed by atoms with van der Waals surface area (Å²) in [6.07, 6.45) is 10.5. The van der Waals surface area contributed by atoms with E-state index in [2.05, 4.69) is 29.4 Å². The smallest absolute Gasteiger partial charge is 0.246 e. The zero-order valence-electron chi connectivity index (χ0n) is 24.0. The zero-order chi connectivity index (χ0) is 28.4. The molecule has 0 radical (unpaired) electrons. The van der Waals surface area contributed by atoms with Gasteiger partial charge in [-0.05, 0) is 63.4 Å². The number of halogens is 1. The second-order valence-corrected chi connectivity index (χ2v) is 12.3. The molecule has 2 saturated heterocycles. The Balaban J connectivity index is 1.41. The van der Waals surface area contributed by atoms with Crippen molar-refractivity contribution >= 4 is 35.0 Å². The van der Waals surface area contributed by atoms with Gasteiger partial charge in [0.2, 0.25) is 17.7 Å². The number of hydrogen-bond acceptors (Lipinski definition) is 5. The van der Waals surface area contributed by atoms with Crippen molar-refractivity contribution in [3.05, 3.63) is 40.9 Å². The quantitative estimate of drug-likeness (QED) is 0.387. The van der Waals surface area contributed by atoms with Crippen LogP contribution in [0.3, 0.4) is 0 Å². The summed E-state index contributed by atoms with van der Waals surface area (Å²) in [6, 6.07) is 4.68. The maximum Gasteiger partial charge on any atom is 0.246 e. The van der Waals surface area contributed by atoms with Gasteiger partial charge in [-0.3, -0.25) is 14.4 Å². The summed E-state index contributed by atoms with van der Waals surface area (Å²) in [7, 11) is 0. The Labute approximate surface area is 242 Å². The van der Waals surface area contributed by atoms with Gasteiger partial charge in [0.15, 0.2) is 0 Å². The Morgan fingerprint density at radius 2 is 1.82 bits per heavy atom. The normalized spacial score (nSPS) is 29.3. The van der Waals surface area contributed by atoms with Crippen LogP contribution in [0.15, 0.2) is 30.4 Å². The highest BCUT2D eigenvalue weighted by Gasteiger charge is 2.72. The number of benzene rings is 1.